The summed E-state index contributed by atoms with van der Waals surface area (Å²) in [5, 5.41) is 0. The van der Waals surface area contributed by atoms with Crippen LogP contribution in [-0.4, -0.2) is 58.6 Å². The zero-order valence-electron chi connectivity index (χ0n) is 15.3. The van der Waals surface area contributed by atoms with Crippen LogP contribution in [0, 0.1) is 13.8 Å². The molecule has 0 saturated carbocycles. The second-order valence-corrected chi connectivity index (χ2v) is 6.33. The van der Waals surface area contributed by atoms with Gasteiger partial charge < -0.3 is 19.1 Å². The van der Waals surface area contributed by atoms with Crippen molar-refractivity contribution in [1.82, 2.24) is 19.4 Å². The molecule has 0 atom stereocenters. The van der Waals surface area contributed by atoms with Crippen LogP contribution in [0.15, 0.2) is 29.2 Å². The third-order valence-electron chi connectivity index (χ3n) is 4.40. The molecule has 3 rings (SSSR count). The number of pyridine rings is 1. The standard InChI is InChI=1S/C18H23N5O3/c1-13-11-14(2)20-18(19-13)22-9-7-21(8-10-22)16(24)12-23-6-4-5-15(26-3)17(23)25/h4-6,11H,7-10,12H2,1-3H3. The van der Waals surface area contributed by atoms with E-state index in [0.717, 1.165) is 11.4 Å². The summed E-state index contributed by atoms with van der Waals surface area (Å²) in [4.78, 5) is 37.5. The molecule has 1 saturated heterocycles. The molecule has 3 heterocycles. The maximum atomic E-state index is 12.5. The number of piperazine rings is 1. The van der Waals surface area contributed by atoms with Gasteiger partial charge in [0.1, 0.15) is 6.54 Å². The largest absolute Gasteiger partial charge is 0.491 e. The molecule has 8 heteroatoms. The van der Waals surface area contributed by atoms with E-state index < -0.39 is 0 Å². The van der Waals surface area contributed by atoms with Crippen LogP contribution in [0.4, 0.5) is 5.95 Å². The van der Waals surface area contributed by atoms with Crippen LogP contribution in [0.25, 0.3) is 0 Å². The summed E-state index contributed by atoms with van der Waals surface area (Å²) in [5.74, 6) is 0.858. The topological polar surface area (TPSA) is 80.6 Å². The van der Waals surface area contributed by atoms with Crippen molar-refractivity contribution in [2.75, 3.05) is 38.2 Å². The van der Waals surface area contributed by atoms with Crippen LogP contribution in [-0.2, 0) is 11.3 Å². The van der Waals surface area contributed by atoms with Gasteiger partial charge in [0, 0.05) is 43.8 Å². The molecule has 138 valence electrons. The van der Waals surface area contributed by atoms with E-state index in [1.807, 2.05) is 19.9 Å². The molecule has 2 aromatic heterocycles. The first-order chi connectivity index (χ1) is 12.5. The van der Waals surface area contributed by atoms with Gasteiger partial charge in [-0.3, -0.25) is 9.59 Å². The number of carbonyl (C=O) groups excluding carboxylic acids is 1. The molecule has 0 spiro atoms. The summed E-state index contributed by atoms with van der Waals surface area (Å²) in [6.45, 7) is 6.40. The predicted octanol–water partition coefficient (Wildman–Crippen LogP) is 0.613. The average molecular weight is 357 g/mol. The van der Waals surface area contributed by atoms with Gasteiger partial charge in [0.2, 0.25) is 11.9 Å². The number of anilines is 1. The van der Waals surface area contributed by atoms with Crippen LogP contribution < -0.4 is 15.2 Å². The molecule has 0 bridgehead atoms. The first-order valence-corrected chi connectivity index (χ1v) is 8.56. The van der Waals surface area contributed by atoms with Gasteiger partial charge in [-0.25, -0.2) is 9.97 Å². The minimum absolute atomic E-state index is 0.0100. The highest BCUT2D eigenvalue weighted by molar-refractivity contribution is 5.76. The molecular weight excluding hydrogens is 334 g/mol. The number of aryl methyl sites for hydroxylation is 2. The minimum Gasteiger partial charge on any atom is -0.491 e. The molecule has 8 nitrogen and oxygen atoms in total. The maximum Gasteiger partial charge on any atom is 0.293 e. The number of ether oxygens (including phenoxy) is 1. The molecule has 1 amide bonds. The summed E-state index contributed by atoms with van der Waals surface area (Å²) in [6, 6.07) is 5.23. The molecule has 1 fully saturated rings. The number of carbonyl (C=O) groups is 1. The Labute approximate surface area is 152 Å². The highest BCUT2D eigenvalue weighted by Gasteiger charge is 2.23. The van der Waals surface area contributed by atoms with Gasteiger partial charge in [0.25, 0.3) is 5.56 Å². The fourth-order valence-corrected chi connectivity index (χ4v) is 3.05. The van der Waals surface area contributed by atoms with Crippen LogP contribution in [0.2, 0.25) is 0 Å². The van der Waals surface area contributed by atoms with Crippen LogP contribution in [0.1, 0.15) is 11.4 Å². The number of nitrogens with zero attached hydrogens (tertiary/aromatic N) is 5. The quantitative estimate of drug-likeness (QED) is 0.798. The van der Waals surface area contributed by atoms with Gasteiger partial charge in [0.05, 0.1) is 7.11 Å². The van der Waals surface area contributed by atoms with Crippen molar-refractivity contribution >= 4 is 11.9 Å². The molecule has 26 heavy (non-hydrogen) atoms. The van der Waals surface area contributed by atoms with Gasteiger partial charge >= 0.3 is 0 Å². The van der Waals surface area contributed by atoms with Gasteiger partial charge in [-0.2, -0.15) is 0 Å². The summed E-state index contributed by atoms with van der Waals surface area (Å²) in [6.07, 6.45) is 1.60. The average Bonchev–Trinajstić information content (AvgIpc) is 2.63. The Morgan fingerprint density at radius 2 is 1.81 bits per heavy atom. The Bertz CT molecular complexity index is 836. The molecule has 0 radical (unpaired) electrons. The van der Waals surface area contributed by atoms with E-state index in [2.05, 4.69) is 14.9 Å². The second kappa shape index (κ2) is 7.55. The number of hydrogen-bond acceptors (Lipinski definition) is 6. The van der Waals surface area contributed by atoms with Gasteiger partial charge in [-0.15, -0.1) is 0 Å². The third-order valence-corrected chi connectivity index (χ3v) is 4.40. The lowest BCUT2D eigenvalue weighted by Crippen LogP contribution is -2.50. The Morgan fingerprint density at radius 3 is 2.42 bits per heavy atom. The summed E-state index contributed by atoms with van der Waals surface area (Å²) >= 11 is 0. The van der Waals surface area contributed by atoms with Gasteiger partial charge in [0.15, 0.2) is 5.75 Å². The fourth-order valence-electron chi connectivity index (χ4n) is 3.05. The Balaban J connectivity index is 1.63. The molecule has 1 aliphatic rings. The molecule has 1 aliphatic heterocycles. The lowest BCUT2D eigenvalue weighted by atomic mass is 10.3. The first-order valence-electron chi connectivity index (χ1n) is 8.56. The minimum atomic E-state index is -0.300. The van der Waals surface area contributed by atoms with Crippen molar-refractivity contribution in [3.63, 3.8) is 0 Å². The normalized spacial score (nSPS) is 14.4. The first kappa shape index (κ1) is 17.9. The Kier molecular flexibility index (Phi) is 5.20. The van der Waals surface area contributed by atoms with Crippen LogP contribution in [0.5, 0.6) is 5.75 Å². The lowest BCUT2D eigenvalue weighted by Gasteiger charge is -2.35. The van der Waals surface area contributed by atoms with E-state index in [9.17, 15) is 9.59 Å². The molecule has 2 aromatic rings. The molecule has 0 unspecified atom stereocenters. The van der Waals surface area contributed by atoms with Crippen molar-refractivity contribution in [3.8, 4) is 5.75 Å². The zero-order chi connectivity index (χ0) is 18.7. The Hall–Kier alpha value is -2.90. The zero-order valence-corrected chi connectivity index (χ0v) is 15.3. The van der Waals surface area contributed by atoms with Crippen molar-refractivity contribution in [1.29, 1.82) is 0 Å². The van der Waals surface area contributed by atoms with E-state index >= 15 is 0 Å². The van der Waals surface area contributed by atoms with Crippen LogP contribution in [0.3, 0.4) is 0 Å². The monoisotopic (exact) mass is 357 g/mol. The van der Waals surface area contributed by atoms with Gasteiger partial charge in [-0.05, 0) is 32.0 Å². The molecular formula is C18H23N5O3. The second-order valence-electron chi connectivity index (χ2n) is 6.33. The highest BCUT2D eigenvalue weighted by Crippen LogP contribution is 2.13. The van der Waals surface area contributed by atoms with E-state index in [0.29, 0.717) is 32.1 Å². The number of hydrogen-bond donors (Lipinski definition) is 0. The summed E-state index contributed by atoms with van der Waals surface area (Å²) < 4.78 is 6.39. The lowest BCUT2D eigenvalue weighted by molar-refractivity contribution is -0.132. The van der Waals surface area contributed by atoms with Crippen LogP contribution >= 0.6 is 0 Å². The predicted molar refractivity (Wildman–Crippen MR) is 97.6 cm³/mol. The van der Waals surface area contributed by atoms with Crippen molar-refractivity contribution in [2.24, 2.45) is 0 Å². The van der Waals surface area contributed by atoms with E-state index in [1.165, 1.54) is 11.7 Å². The third kappa shape index (κ3) is 3.84. The molecule has 0 N–H and O–H groups in total. The number of rotatable bonds is 4. The van der Waals surface area contributed by atoms with Crippen molar-refractivity contribution in [3.05, 3.63) is 46.1 Å². The summed E-state index contributed by atoms with van der Waals surface area (Å²) in [5.41, 5.74) is 1.57. The van der Waals surface area contributed by atoms with E-state index in [1.54, 1.807) is 23.2 Å². The molecule has 0 aromatic carbocycles. The highest BCUT2D eigenvalue weighted by atomic mass is 16.5. The number of aromatic nitrogens is 3. The van der Waals surface area contributed by atoms with Crippen molar-refractivity contribution in [2.45, 2.75) is 20.4 Å². The van der Waals surface area contributed by atoms with E-state index in [4.69, 9.17) is 4.74 Å². The maximum absolute atomic E-state index is 12.5. The SMILES string of the molecule is COc1cccn(CC(=O)N2CCN(c3nc(C)cc(C)n3)CC2)c1=O. The van der Waals surface area contributed by atoms with E-state index in [-0.39, 0.29) is 23.8 Å². The fraction of sp³-hybridized carbons (Fsp3) is 0.444. The Morgan fingerprint density at radius 1 is 1.15 bits per heavy atom. The number of methoxy groups -OCH3 is 1. The molecule has 0 aliphatic carbocycles. The smallest absolute Gasteiger partial charge is 0.293 e. The summed E-state index contributed by atoms with van der Waals surface area (Å²) in [7, 11) is 1.44. The van der Waals surface area contributed by atoms with Crippen molar-refractivity contribution < 1.29 is 9.53 Å². The van der Waals surface area contributed by atoms with Gasteiger partial charge in [-0.1, -0.05) is 0 Å². The number of amides is 1.